The zero-order valence-electron chi connectivity index (χ0n) is 9.79. The Morgan fingerprint density at radius 1 is 1.35 bits per heavy atom. The fraction of sp³-hybridized carbons (Fsp3) is 0.667. The lowest BCUT2D eigenvalue weighted by atomic mass is 10.0. The Morgan fingerprint density at radius 3 is 3.00 bits per heavy atom. The van der Waals surface area contributed by atoms with Crippen LogP contribution in [0.25, 0.3) is 0 Å². The maximum Gasteiger partial charge on any atom is 0.243 e. The van der Waals surface area contributed by atoms with Crippen molar-refractivity contribution in [2.75, 3.05) is 11.9 Å². The van der Waals surface area contributed by atoms with Gasteiger partial charge in [0.2, 0.25) is 5.91 Å². The molecule has 92 valence electrons. The molecule has 0 aromatic carbocycles. The molecular weight excluding hydrogens is 234 g/mol. The van der Waals surface area contributed by atoms with E-state index < -0.39 is 0 Å². The summed E-state index contributed by atoms with van der Waals surface area (Å²) >= 11 is 1.65. The zero-order valence-corrected chi connectivity index (χ0v) is 10.6. The Kier molecular flexibility index (Phi) is 3.11. The summed E-state index contributed by atoms with van der Waals surface area (Å²) in [5.41, 5.74) is 1.20. The first-order valence-electron chi connectivity index (χ1n) is 6.36. The first-order valence-corrected chi connectivity index (χ1v) is 7.17. The molecule has 5 heteroatoms. The lowest BCUT2D eigenvalue weighted by Crippen LogP contribution is -2.35. The van der Waals surface area contributed by atoms with Gasteiger partial charge in [-0.3, -0.25) is 4.79 Å². The number of aryl methyl sites for hydroxylation is 2. The Morgan fingerprint density at radius 2 is 2.24 bits per heavy atom. The molecule has 2 aliphatic rings. The van der Waals surface area contributed by atoms with E-state index in [2.05, 4.69) is 15.6 Å². The first kappa shape index (κ1) is 11.2. The molecule has 1 amide bonds. The van der Waals surface area contributed by atoms with Crippen molar-refractivity contribution >= 4 is 22.4 Å². The molecule has 1 unspecified atom stereocenters. The van der Waals surface area contributed by atoms with Gasteiger partial charge in [0.25, 0.3) is 0 Å². The van der Waals surface area contributed by atoms with Crippen molar-refractivity contribution in [1.82, 2.24) is 10.3 Å². The third-order valence-corrected chi connectivity index (χ3v) is 4.53. The van der Waals surface area contributed by atoms with Crippen molar-refractivity contribution < 1.29 is 4.79 Å². The smallest absolute Gasteiger partial charge is 0.243 e. The van der Waals surface area contributed by atoms with Gasteiger partial charge in [0.1, 0.15) is 0 Å². The van der Waals surface area contributed by atoms with Gasteiger partial charge in [0, 0.05) is 4.88 Å². The van der Waals surface area contributed by atoms with Gasteiger partial charge in [-0.05, 0) is 45.1 Å². The molecule has 1 fully saturated rings. The van der Waals surface area contributed by atoms with Crippen LogP contribution in [0.2, 0.25) is 0 Å². The normalized spacial score (nSPS) is 23.4. The van der Waals surface area contributed by atoms with Crippen LogP contribution in [0.15, 0.2) is 0 Å². The van der Waals surface area contributed by atoms with Crippen molar-refractivity contribution in [2.45, 2.75) is 44.6 Å². The largest absolute Gasteiger partial charge is 0.306 e. The van der Waals surface area contributed by atoms with Crippen molar-refractivity contribution in [3.05, 3.63) is 10.6 Å². The third-order valence-electron chi connectivity index (χ3n) is 3.45. The topological polar surface area (TPSA) is 54.0 Å². The predicted octanol–water partition coefficient (Wildman–Crippen LogP) is 1.71. The fourth-order valence-corrected chi connectivity index (χ4v) is 3.56. The average Bonchev–Trinajstić information content (AvgIpc) is 2.97. The lowest BCUT2D eigenvalue weighted by molar-refractivity contribution is -0.117. The maximum absolute atomic E-state index is 11.9. The quantitative estimate of drug-likeness (QED) is 0.841. The highest BCUT2D eigenvalue weighted by Crippen LogP contribution is 2.29. The number of thiazole rings is 1. The molecule has 1 aromatic rings. The van der Waals surface area contributed by atoms with Gasteiger partial charge < -0.3 is 10.6 Å². The standard InChI is InChI=1S/C12H17N3OS/c16-11(9-5-3-7-13-9)15-12-14-8-4-1-2-6-10(8)17-12/h9,13H,1-7H2,(H,14,15,16). The maximum atomic E-state index is 11.9. The molecule has 1 aliphatic heterocycles. The van der Waals surface area contributed by atoms with Crippen LogP contribution >= 0.6 is 11.3 Å². The number of anilines is 1. The zero-order chi connectivity index (χ0) is 11.7. The molecule has 0 bridgehead atoms. The minimum absolute atomic E-state index is 0.0177. The van der Waals surface area contributed by atoms with E-state index >= 15 is 0 Å². The van der Waals surface area contributed by atoms with E-state index in [-0.39, 0.29) is 11.9 Å². The van der Waals surface area contributed by atoms with Crippen molar-refractivity contribution in [3.63, 3.8) is 0 Å². The second kappa shape index (κ2) is 4.74. The number of nitrogens with one attached hydrogen (secondary N) is 2. The fourth-order valence-electron chi connectivity index (χ4n) is 2.51. The number of amides is 1. The van der Waals surface area contributed by atoms with E-state index in [4.69, 9.17) is 0 Å². The van der Waals surface area contributed by atoms with Crippen LogP contribution in [0.3, 0.4) is 0 Å². The number of carbonyl (C=O) groups is 1. The molecule has 0 radical (unpaired) electrons. The minimum atomic E-state index is -0.0177. The van der Waals surface area contributed by atoms with Gasteiger partial charge in [-0.25, -0.2) is 4.98 Å². The summed E-state index contributed by atoms with van der Waals surface area (Å²) in [6.07, 6.45) is 6.72. The number of hydrogen-bond acceptors (Lipinski definition) is 4. The number of fused-ring (bicyclic) bond motifs is 1. The van der Waals surface area contributed by atoms with Crippen LogP contribution in [0.1, 0.15) is 36.3 Å². The van der Waals surface area contributed by atoms with Gasteiger partial charge in [0.15, 0.2) is 5.13 Å². The Hall–Kier alpha value is -0.940. The second-order valence-electron chi connectivity index (χ2n) is 4.73. The van der Waals surface area contributed by atoms with Crippen LogP contribution in [0.5, 0.6) is 0 Å². The van der Waals surface area contributed by atoms with E-state index in [9.17, 15) is 4.79 Å². The predicted molar refractivity (Wildman–Crippen MR) is 68.4 cm³/mol. The SMILES string of the molecule is O=C(Nc1nc2c(s1)CCCC2)C1CCCN1. The summed E-state index contributed by atoms with van der Waals surface area (Å²) in [7, 11) is 0. The van der Waals surface area contributed by atoms with Gasteiger partial charge >= 0.3 is 0 Å². The summed E-state index contributed by atoms with van der Waals surface area (Å²) in [4.78, 5) is 17.8. The molecule has 0 spiro atoms. The summed E-state index contributed by atoms with van der Waals surface area (Å²) < 4.78 is 0. The molecule has 17 heavy (non-hydrogen) atoms. The minimum Gasteiger partial charge on any atom is -0.306 e. The van der Waals surface area contributed by atoms with Crippen LogP contribution in [-0.4, -0.2) is 23.5 Å². The Labute approximate surface area is 105 Å². The van der Waals surface area contributed by atoms with Crippen LogP contribution in [0.4, 0.5) is 5.13 Å². The number of carbonyl (C=O) groups excluding carboxylic acids is 1. The summed E-state index contributed by atoms with van der Waals surface area (Å²) in [5, 5.41) is 6.94. The van der Waals surface area contributed by atoms with Crippen LogP contribution in [-0.2, 0) is 17.6 Å². The molecule has 0 saturated carbocycles. The van der Waals surface area contributed by atoms with E-state index in [1.165, 1.54) is 23.4 Å². The van der Waals surface area contributed by atoms with Crippen LogP contribution < -0.4 is 10.6 Å². The molecular formula is C12H17N3OS. The highest BCUT2D eigenvalue weighted by molar-refractivity contribution is 7.15. The summed E-state index contributed by atoms with van der Waals surface area (Å²) in [6.45, 7) is 0.951. The highest BCUT2D eigenvalue weighted by atomic mass is 32.1. The van der Waals surface area contributed by atoms with E-state index in [0.717, 1.165) is 37.4 Å². The first-order chi connectivity index (χ1) is 8.33. The number of nitrogens with zero attached hydrogens (tertiary/aromatic N) is 1. The van der Waals surface area contributed by atoms with Crippen molar-refractivity contribution in [3.8, 4) is 0 Å². The summed E-state index contributed by atoms with van der Waals surface area (Å²) in [5.74, 6) is 0.0774. The number of aromatic nitrogens is 1. The monoisotopic (exact) mass is 251 g/mol. The molecule has 2 N–H and O–H groups in total. The molecule has 1 atom stereocenters. The third kappa shape index (κ3) is 2.35. The highest BCUT2D eigenvalue weighted by Gasteiger charge is 2.23. The second-order valence-corrected chi connectivity index (χ2v) is 5.82. The van der Waals surface area contributed by atoms with Crippen molar-refractivity contribution in [2.24, 2.45) is 0 Å². The molecule has 4 nitrogen and oxygen atoms in total. The molecule has 1 aliphatic carbocycles. The molecule has 1 aromatic heterocycles. The average molecular weight is 251 g/mol. The molecule has 2 heterocycles. The Balaban J connectivity index is 1.68. The van der Waals surface area contributed by atoms with Gasteiger partial charge in [-0.2, -0.15) is 0 Å². The molecule has 1 saturated heterocycles. The van der Waals surface area contributed by atoms with E-state index in [1.54, 1.807) is 11.3 Å². The Bertz CT molecular complexity index is 400. The van der Waals surface area contributed by atoms with E-state index in [0.29, 0.717) is 0 Å². The van der Waals surface area contributed by atoms with Gasteiger partial charge in [-0.1, -0.05) is 0 Å². The molecule has 3 rings (SSSR count). The summed E-state index contributed by atoms with van der Waals surface area (Å²) in [6, 6.07) is -0.0177. The van der Waals surface area contributed by atoms with Crippen molar-refractivity contribution in [1.29, 1.82) is 0 Å². The van der Waals surface area contributed by atoms with E-state index in [1.807, 2.05) is 0 Å². The van der Waals surface area contributed by atoms with Gasteiger partial charge in [-0.15, -0.1) is 11.3 Å². The van der Waals surface area contributed by atoms with Gasteiger partial charge in [0.05, 0.1) is 11.7 Å². The lowest BCUT2D eigenvalue weighted by Gasteiger charge is -2.08. The van der Waals surface area contributed by atoms with Crippen LogP contribution in [0, 0.1) is 0 Å². The number of hydrogen-bond donors (Lipinski definition) is 2. The number of rotatable bonds is 2.